The van der Waals surface area contributed by atoms with E-state index in [1.807, 2.05) is 6.92 Å². The molecule has 0 aromatic carbocycles. The summed E-state index contributed by atoms with van der Waals surface area (Å²) in [5.74, 6) is -1.24. The molecular formula is C11H20N2O3. The number of nitrogens with one attached hydrogen (secondary N) is 2. The van der Waals surface area contributed by atoms with Crippen LogP contribution in [0, 0.1) is 11.8 Å². The van der Waals surface area contributed by atoms with Crippen molar-refractivity contribution >= 4 is 11.9 Å². The molecule has 0 radical (unpaired) electrons. The molecule has 1 saturated heterocycles. The van der Waals surface area contributed by atoms with E-state index in [0.717, 1.165) is 13.0 Å². The van der Waals surface area contributed by atoms with Crippen LogP contribution in [0.5, 0.6) is 0 Å². The fourth-order valence-corrected chi connectivity index (χ4v) is 1.84. The van der Waals surface area contributed by atoms with Gasteiger partial charge in [0.25, 0.3) is 0 Å². The van der Waals surface area contributed by atoms with Gasteiger partial charge in [0.15, 0.2) is 0 Å². The van der Waals surface area contributed by atoms with Gasteiger partial charge in [-0.05, 0) is 32.7 Å². The lowest BCUT2D eigenvalue weighted by atomic mass is 10.0. The van der Waals surface area contributed by atoms with Crippen LogP contribution in [0.15, 0.2) is 0 Å². The van der Waals surface area contributed by atoms with Crippen LogP contribution in [-0.2, 0) is 9.59 Å². The predicted octanol–water partition coefficient (Wildman–Crippen LogP) is 0.210. The summed E-state index contributed by atoms with van der Waals surface area (Å²) >= 11 is 0. The summed E-state index contributed by atoms with van der Waals surface area (Å²) in [7, 11) is 0. The predicted molar refractivity (Wildman–Crippen MR) is 60.0 cm³/mol. The van der Waals surface area contributed by atoms with Crippen LogP contribution in [0.4, 0.5) is 0 Å². The van der Waals surface area contributed by atoms with E-state index < -0.39 is 11.9 Å². The maximum atomic E-state index is 11.8. The van der Waals surface area contributed by atoms with Crippen LogP contribution in [0.2, 0.25) is 0 Å². The van der Waals surface area contributed by atoms with Crippen LogP contribution in [0.1, 0.15) is 27.2 Å². The molecule has 3 N–H and O–H groups in total. The average molecular weight is 228 g/mol. The van der Waals surface area contributed by atoms with Gasteiger partial charge >= 0.3 is 5.97 Å². The molecule has 4 atom stereocenters. The third kappa shape index (κ3) is 2.95. The molecule has 1 amide bonds. The number of hydrogen-bond donors (Lipinski definition) is 3. The van der Waals surface area contributed by atoms with Gasteiger partial charge in [0.05, 0.1) is 12.0 Å². The molecule has 0 aromatic heterocycles. The molecule has 1 rings (SSSR count). The van der Waals surface area contributed by atoms with Crippen LogP contribution in [0.3, 0.4) is 0 Å². The second kappa shape index (κ2) is 5.30. The summed E-state index contributed by atoms with van der Waals surface area (Å²) < 4.78 is 0. The van der Waals surface area contributed by atoms with Gasteiger partial charge in [-0.25, -0.2) is 0 Å². The third-order valence-corrected chi connectivity index (χ3v) is 3.32. The highest BCUT2D eigenvalue weighted by atomic mass is 16.4. The molecule has 16 heavy (non-hydrogen) atoms. The summed E-state index contributed by atoms with van der Waals surface area (Å²) in [6.07, 6.45) is 0.987. The molecule has 1 heterocycles. The maximum absolute atomic E-state index is 11.8. The van der Waals surface area contributed by atoms with E-state index in [1.165, 1.54) is 0 Å². The summed E-state index contributed by atoms with van der Waals surface area (Å²) in [5, 5.41) is 14.7. The highest BCUT2D eigenvalue weighted by molar-refractivity contribution is 5.83. The first-order valence-corrected chi connectivity index (χ1v) is 5.70. The number of aliphatic carboxylic acids is 1. The highest BCUT2D eigenvalue weighted by Gasteiger charge is 2.31. The molecule has 5 heteroatoms. The van der Waals surface area contributed by atoms with Gasteiger partial charge in [-0.1, -0.05) is 6.92 Å². The molecule has 4 unspecified atom stereocenters. The molecule has 1 fully saturated rings. The Hall–Kier alpha value is -1.10. The molecule has 0 aliphatic carbocycles. The van der Waals surface area contributed by atoms with Crippen molar-refractivity contribution in [3.8, 4) is 0 Å². The van der Waals surface area contributed by atoms with Crippen molar-refractivity contribution in [2.24, 2.45) is 11.8 Å². The number of amides is 1. The highest BCUT2D eigenvalue weighted by Crippen LogP contribution is 2.15. The van der Waals surface area contributed by atoms with E-state index in [0.29, 0.717) is 5.92 Å². The topological polar surface area (TPSA) is 78.4 Å². The monoisotopic (exact) mass is 228 g/mol. The average Bonchev–Trinajstić information content (AvgIpc) is 2.62. The Kier molecular flexibility index (Phi) is 4.29. The fraction of sp³-hybridized carbons (Fsp3) is 0.818. The standard InChI is InChI=1S/C11H20N2O3/c1-6-4-5-12-9(6)10(14)13-8(3)7(2)11(15)16/h6-9,12H,4-5H2,1-3H3,(H,13,14)(H,15,16). The smallest absolute Gasteiger partial charge is 0.308 e. The summed E-state index contributed by atoms with van der Waals surface area (Å²) in [6.45, 7) is 6.19. The molecule has 5 nitrogen and oxygen atoms in total. The Labute approximate surface area is 95.6 Å². The van der Waals surface area contributed by atoms with Crippen LogP contribution in [-0.4, -0.2) is 35.6 Å². The zero-order chi connectivity index (χ0) is 12.3. The molecule has 0 bridgehead atoms. The van der Waals surface area contributed by atoms with E-state index >= 15 is 0 Å². The van der Waals surface area contributed by atoms with E-state index in [4.69, 9.17) is 5.11 Å². The van der Waals surface area contributed by atoms with Gasteiger partial charge < -0.3 is 15.7 Å². The van der Waals surface area contributed by atoms with Crippen LogP contribution < -0.4 is 10.6 Å². The van der Waals surface area contributed by atoms with Gasteiger partial charge in [0, 0.05) is 6.04 Å². The van der Waals surface area contributed by atoms with Crippen molar-refractivity contribution in [1.82, 2.24) is 10.6 Å². The molecular weight excluding hydrogens is 208 g/mol. The second-order valence-corrected chi connectivity index (χ2v) is 4.62. The van der Waals surface area contributed by atoms with Crippen molar-refractivity contribution in [3.63, 3.8) is 0 Å². The first kappa shape index (κ1) is 13.0. The lowest BCUT2D eigenvalue weighted by molar-refractivity contribution is -0.142. The number of carboxylic acids is 1. The van der Waals surface area contributed by atoms with Crippen molar-refractivity contribution in [2.75, 3.05) is 6.54 Å². The minimum atomic E-state index is -0.889. The molecule has 92 valence electrons. The molecule has 0 saturated carbocycles. The van der Waals surface area contributed by atoms with Crippen molar-refractivity contribution in [2.45, 2.75) is 39.3 Å². The summed E-state index contributed by atoms with van der Waals surface area (Å²) in [6, 6.07) is -0.525. The van der Waals surface area contributed by atoms with E-state index in [9.17, 15) is 9.59 Å². The Balaban J connectivity index is 2.47. The molecule has 1 aliphatic heterocycles. The first-order chi connectivity index (χ1) is 7.43. The van der Waals surface area contributed by atoms with Gasteiger partial charge in [-0.2, -0.15) is 0 Å². The molecule has 1 aliphatic rings. The zero-order valence-electron chi connectivity index (χ0n) is 9.99. The van der Waals surface area contributed by atoms with Gasteiger partial charge in [-0.15, -0.1) is 0 Å². The maximum Gasteiger partial charge on any atom is 0.308 e. The number of carboxylic acid groups (broad SMARTS) is 1. The first-order valence-electron chi connectivity index (χ1n) is 5.70. The quantitative estimate of drug-likeness (QED) is 0.642. The Morgan fingerprint density at radius 2 is 2.06 bits per heavy atom. The Morgan fingerprint density at radius 3 is 2.50 bits per heavy atom. The third-order valence-electron chi connectivity index (χ3n) is 3.32. The lowest BCUT2D eigenvalue weighted by Crippen LogP contribution is -2.49. The van der Waals surface area contributed by atoms with Crippen molar-refractivity contribution < 1.29 is 14.7 Å². The largest absolute Gasteiger partial charge is 0.481 e. The minimum Gasteiger partial charge on any atom is -0.481 e. The van der Waals surface area contributed by atoms with Gasteiger partial charge in [0.1, 0.15) is 0 Å². The van der Waals surface area contributed by atoms with E-state index in [-0.39, 0.29) is 18.0 Å². The number of carbonyl (C=O) groups is 2. The van der Waals surface area contributed by atoms with Crippen LogP contribution in [0.25, 0.3) is 0 Å². The normalized spacial score (nSPS) is 28.4. The SMILES string of the molecule is CC1CCNC1C(=O)NC(C)C(C)C(=O)O. The van der Waals surface area contributed by atoms with Gasteiger partial charge in [-0.3, -0.25) is 9.59 Å². The van der Waals surface area contributed by atoms with E-state index in [2.05, 4.69) is 10.6 Å². The number of carbonyl (C=O) groups excluding carboxylic acids is 1. The van der Waals surface area contributed by atoms with Crippen molar-refractivity contribution in [1.29, 1.82) is 0 Å². The van der Waals surface area contributed by atoms with Crippen LogP contribution >= 0.6 is 0 Å². The summed E-state index contributed by atoms with van der Waals surface area (Å²) in [5.41, 5.74) is 0. The van der Waals surface area contributed by atoms with Crippen molar-refractivity contribution in [3.05, 3.63) is 0 Å². The Morgan fingerprint density at radius 1 is 1.44 bits per heavy atom. The minimum absolute atomic E-state index is 0.0920. The second-order valence-electron chi connectivity index (χ2n) is 4.62. The van der Waals surface area contributed by atoms with Gasteiger partial charge in [0.2, 0.25) is 5.91 Å². The molecule has 0 aromatic rings. The zero-order valence-corrected chi connectivity index (χ0v) is 9.99. The number of rotatable bonds is 4. The number of hydrogen-bond acceptors (Lipinski definition) is 3. The fourth-order valence-electron chi connectivity index (χ4n) is 1.84. The molecule has 0 spiro atoms. The summed E-state index contributed by atoms with van der Waals surface area (Å²) in [4.78, 5) is 22.6. The van der Waals surface area contributed by atoms with E-state index in [1.54, 1.807) is 13.8 Å². The Bertz CT molecular complexity index is 280. The lowest BCUT2D eigenvalue weighted by Gasteiger charge is -2.22.